The molecule has 3 aliphatic heterocycles. The van der Waals surface area contributed by atoms with Crippen molar-refractivity contribution in [3.05, 3.63) is 101 Å². The Morgan fingerprint density at radius 2 is 1.79 bits per heavy atom. The molecule has 2 saturated heterocycles. The summed E-state index contributed by atoms with van der Waals surface area (Å²) in [7, 11) is 1.77. The summed E-state index contributed by atoms with van der Waals surface area (Å²) >= 11 is 6.01. The summed E-state index contributed by atoms with van der Waals surface area (Å²) in [5, 5.41) is 0.756. The van der Waals surface area contributed by atoms with Crippen molar-refractivity contribution in [2.75, 3.05) is 20.2 Å². The number of ether oxygens (including phenoxy) is 2. The molecule has 1 aromatic rings. The molecule has 2 unspecified atom stereocenters. The minimum Gasteiger partial charge on any atom is -0.500 e. The Bertz CT molecular complexity index is 1230. The number of ketones is 1. The van der Waals surface area contributed by atoms with E-state index in [1.165, 1.54) is 29.7 Å². The van der Waals surface area contributed by atoms with Crippen LogP contribution in [-0.4, -0.2) is 54.0 Å². The van der Waals surface area contributed by atoms with Gasteiger partial charge in [-0.2, -0.15) is 0 Å². The molecule has 2 atom stereocenters. The molecule has 4 rings (SSSR count). The third-order valence-electron chi connectivity index (χ3n) is 8.63. The fraction of sp³-hybridized carbons (Fsp3) is 0.486. The van der Waals surface area contributed by atoms with E-state index in [-0.39, 0.29) is 5.78 Å². The summed E-state index contributed by atoms with van der Waals surface area (Å²) in [5.41, 5.74) is 4.76. The van der Waals surface area contributed by atoms with Gasteiger partial charge < -0.3 is 14.4 Å². The number of piperidine rings is 1. The van der Waals surface area contributed by atoms with E-state index < -0.39 is 0 Å². The van der Waals surface area contributed by atoms with Crippen molar-refractivity contribution in [3.8, 4) is 5.75 Å². The van der Waals surface area contributed by atoms with Crippen LogP contribution in [-0.2, 0) is 9.53 Å². The Morgan fingerprint density at radius 1 is 1.12 bits per heavy atom. The molecule has 0 saturated carbocycles. The number of benzene rings is 1. The molecule has 0 amide bonds. The average molecular weight is 607 g/mol. The van der Waals surface area contributed by atoms with Gasteiger partial charge in [0, 0.05) is 48.4 Å². The number of methoxy groups -OCH3 is 1. The number of halogens is 1. The largest absolute Gasteiger partial charge is 0.500 e. The Kier molecular flexibility index (Phi) is 13.9. The zero-order chi connectivity index (χ0) is 31.4. The van der Waals surface area contributed by atoms with E-state index in [1.54, 1.807) is 26.2 Å². The smallest absolute Gasteiger partial charge is 0.159 e. The van der Waals surface area contributed by atoms with Crippen molar-refractivity contribution in [3.63, 3.8) is 0 Å². The maximum Gasteiger partial charge on any atom is 0.159 e. The molecule has 1 aromatic carbocycles. The van der Waals surface area contributed by atoms with Crippen molar-refractivity contribution < 1.29 is 14.3 Å². The van der Waals surface area contributed by atoms with Crippen molar-refractivity contribution in [1.29, 1.82) is 0 Å². The van der Waals surface area contributed by atoms with Gasteiger partial charge in [0.25, 0.3) is 0 Å². The van der Waals surface area contributed by atoms with Gasteiger partial charge in [0.2, 0.25) is 0 Å². The molecule has 43 heavy (non-hydrogen) atoms. The Balaban J connectivity index is 0.000000393. The molecule has 0 spiro atoms. The van der Waals surface area contributed by atoms with Gasteiger partial charge in [0.1, 0.15) is 17.6 Å². The molecule has 0 aromatic heterocycles. The highest BCUT2D eigenvalue weighted by Crippen LogP contribution is 2.38. The fourth-order valence-corrected chi connectivity index (χ4v) is 6.39. The lowest BCUT2D eigenvalue weighted by Crippen LogP contribution is -2.47. The number of nitrogens with zero attached hydrogens (tertiary/aromatic N) is 2. The molecular formula is C37H51ClN2O3. The van der Waals surface area contributed by atoms with E-state index in [4.69, 9.17) is 21.1 Å². The minimum absolute atomic E-state index is 0.0783. The van der Waals surface area contributed by atoms with Crippen LogP contribution in [0.15, 0.2) is 95.6 Å². The highest BCUT2D eigenvalue weighted by atomic mass is 35.5. The first kappa shape index (κ1) is 34.5. The molecular weight excluding hydrogens is 556 g/mol. The van der Waals surface area contributed by atoms with Crippen molar-refractivity contribution in [2.45, 2.75) is 97.8 Å². The first-order valence-corrected chi connectivity index (χ1v) is 16.1. The van der Waals surface area contributed by atoms with Crippen LogP contribution in [0.4, 0.5) is 0 Å². The van der Waals surface area contributed by atoms with E-state index >= 15 is 0 Å². The van der Waals surface area contributed by atoms with E-state index in [9.17, 15) is 4.79 Å². The average Bonchev–Trinajstić information content (AvgIpc) is 3.23. The lowest BCUT2D eigenvalue weighted by Gasteiger charge is -2.39. The zero-order valence-corrected chi connectivity index (χ0v) is 27.8. The van der Waals surface area contributed by atoms with Crippen LogP contribution in [0.1, 0.15) is 79.6 Å². The minimum atomic E-state index is 0.0783. The van der Waals surface area contributed by atoms with Crippen molar-refractivity contribution in [2.24, 2.45) is 0 Å². The number of carbonyl (C=O) groups excluding carboxylic acids is 1. The first-order chi connectivity index (χ1) is 20.7. The van der Waals surface area contributed by atoms with E-state index in [0.29, 0.717) is 23.8 Å². The number of fused-ring (bicyclic) bond motifs is 2. The van der Waals surface area contributed by atoms with Crippen molar-refractivity contribution >= 4 is 17.4 Å². The molecule has 3 aliphatic rings. The van der Waals surface area contributed by atoms with E-state index in [1.807, 2.05) is 43.3 Å². The molecule has 5 nitrogen and oxygen atoms in total. The summed E-state index contributed by atoms with van der Waals surface area (Å²) in [6.45, 7) is 15.7. The van der Waals surface area contributed by atoms with Crippen LogP contribution in [0.2, 0.25) is 5.02 Å². The lowest BCUT2D eigenvalue weighted by atomic mass is 9.97. The fourth-order valence-electron chi connectivity index (χ4n) is 6.27. The predicted molar refractivity (Wildman–Crippen MR) is 180 cm³/mol. The summed E-state index contributed by atoms with van der Waals surface area (Å²) < 4.78 is 11.9. The summed E-state index contributed by atoms with van der Waals surface area (Å²) in [5.74, 6) is 2.04. The summed E-state index contributed by atoms with van der Waals surface area (Å²) in [4.78, 5) is 16.0. The molecule has 2 fully saturated rings. The van der Waals surface area contributed by atoms with Gasteiger partial charge in [-0.25, -0.2) is 0 Å². The first-order valence-electron chi connectivity index (χ1n) is 15.7. The van der Waals surface area contributed by atoms with Gasteiger partial charge >= 0.3 is 0 Å². The molecule has 6 heteroatoms. The topological polar surface area (TPSA) is 42.0 Å². The second kappa shape index (κ2) is 17.3. The van der Waals surface area contributed by atoms with Crippen LogP contribution >= 0.6 is 11.6 Å². The lowest BCUT2D eigenvalue weighted by molar-refractivity contribution is -0.113. The quantitative estimate of drug-likeness (QED) is 0.143. The third-order valence-corrected chi connectivity index (χ3v) is 8.88. The van der Waals surface area contributed by atoms with Crippen LogP contribution in [0.25, 0.3) is 0 Å². The van der Waals surface area contributed by atoms with Crippen molar-refractivity contribution in [1.82, 2.24) is 9.80 Å². The molecule has 234 valence electrons. The maximum atomic E-state index is 10.9. The number of allylic oxidation sites excluding steroid dienone is 9. The SMILES string of the molecule is C/C=C1\C/C(=C(\C)OC)N(CCCN2C3CCC2CC(Oc2ccc(Cl)cc2)C3)C=C1C.C=C/C=C(\C=C/CC)C(C)=O. The van der Waals surface area contributed by atoms with Gasteiger partial charge in [0.15, 0.2) is 5.78 Å². The Morgan fingerprint density at radius 3 is 2.35 bits per heavy atom. The number of Topliss-reactive ketones (excluding diaryl/α,β-unsaturated/α-hetero) is 1. The predicted octanol–water partition coefficient (Wildman–Crippen LogP) is 9.19. The second-order valence-corrected chi connectivity index (χ2v) is 12.0. The standard InChI is InChI=1S/C27H37ClN2O2.C10H14O/c1-5-21-15-27(20(3)31-4)29(18-19(21)2)13-6-14-30-23-9-10-24(30)17-26(16-23)32-25-11-7-22(28)8-12-25;1-4-6-8-10(7-5-2)9(3)11/h5,7-8,11-12,18,23-24,26H,6,9-10,13-17H2,1-4H3;5-8H,2,4H2,1,3H3/b21-5+,27-20-;8-6-,10-7+. The molecule has 0 radical (unpaired) electrons. The van der Waals surface area contributed by atoms with Gasteiger partial charge in [-0.3, -0.25) is 9.69 Å². The number of carbonyl (C=O) groups is 1. The zero-order valence-electron chi connectivity index (χ0n) is 27.1. The summed E-state index contributed by atoms with van der Waals surface area (Å²) in [6, 6.07) is 9.08. The maximum absolute atomic E-state index is 10.9. The van der Waals surface area contributed by atoms with Crippen LogP contribution in [0.5, 0.6) is 5.75 Å². The highest BCUT2D eigenvalue weighted by Gasteiger charge is 2.41. The van der Waals surface area contributed by atoms with Gasteiger partial charge in [-0.15, -0.1) is 0 Å². The Hall–Kier alpha value is -3.02. The number of hydrogen-bond donors (Lipinski definition) is 0. The molecule has 2 bridgehead atoms. The Labute approximate surface area is 265 Å². The van der Waals surface area contributed by atoms with Crippen LogP contribution in [0, 0.1) is 0 Å². The number of hydrogen-bond acceptors (Lipinski definition) is 5. The highest BCUT2D eigenvalue weighted by molar-refractivity contribution is 6.30. The molecule has 0 aliphatic carbocycles. The molecule has 0 N–H and O–H groups in total. The monoisotopic (exact) mass is 606 g/mol. The van der Waals surface area contributed by atoms with Gasteiger partial charge in [-0.05, 0) is 102 Å². The molecule has 3 heterocycles. The second-order valence-electron chi connectivity index (χ2n) is 11.6. The normalized spacial score (nSPS) is 24.4. The van der Waals surface area contributed by atoms with Gasteiger partial charge in [0.05, 0.1) is 12.8 Å². The summed E-state index contributed by atoms with van der Waals surface area (Å²) in [6.07, 6.45) is 19.9. The van der Waals surface area contributed by atoms with E-state index in [2.05, 4.69) is 49.4 Å². The third kappa shape index (κ3) is 10.0. The van der Waals surface area contributed by atoms with Gasteiger partial charge in [-0.1, -0.05) is 55.5 Å². The number of rotatable bonds is 11. The van der Waals surface area contributed by atoms with Crippen LogP contribution in [0.3, 0.4) is 0 Å². The van der Waals surface area contributed by atoms with E-state index in [0.717, 1.165) is 61.7 Å². The van der Waals surface area contributed by atoms with Crippen LogP contribution < -0.4 is 4.74 Å².